The molecule has 88 valence electrons. The molecule has 0 unspecified atom stereocenters. The Morgan fingerprint density at radius 2 is 2.29 bits per heavy atom. The molecule has 0 spiro atoms. The Morgan fingerprint density at radius 3 is 2.82 bits per heavy atom. The summed E-state index contributed by atoms with van der Waals surface area (Å²) in [6, 6.07) is 4.91. The lowest BCUT2D eigenvalue weighted by molar-refractivity contribution is -0.384. The van der Waals surface area contributed by atoms with Crippen molar-refractivity contribution in [1.29, 1.82) is 5.26 Å². The van der Waals surface area contributed by atoms with Crippen LogP contribution in [0.15, 0.2) is 18.2 Å². The van der Waals surface area contributed by atoms with Gasteiger partial charge in [0.1, 0.15) is 12.3 Å². The number of nitrogens with zero attached hydrogens (tertiary/aromatic N) is 3. The molecule has 1 amide bonds. The number of phenols is 1. The molecule has 0 heterocycles. The highest BCUT2D eigenvalue weighted by Gasteiger charge is 2.19. The summed E-state index contributed by atoms with van der Waals surface area (Å²) in [5.41, 5.74) is -0.492. The van der Waals surface area contributed by atoms with Gasteiger partial charge in [-0.1, -0.05) is 0 Å². The Balaban J connectivity index is 3.13. The van der Waals surface area contributed by atoms with Crippen LogP contribution in [0.4, 0.5) is 5.69 Å². The number of benzene rings is 1. The highest BCUT2D eigenvalue weighted by molar-refractivity contribution is 5.97. The topological polar surface area (TPSA) is 107 Å². The van der Waals surface area contributed by atoms with E-state index in [4.69, 9.17) is 5.26 Å². The number of phenolic OH excluding ortho intramolecular Hbond substituents is 1. The standard InChI is InChI=1S/C10H9N3O4/c1-12(5-4-11)10(15)8-6-7(13(16)17)2-3-9(8)14/h2-3,6,14H,5H2,1H3. The van der Waals surface area contributed by atoms with Crippen LogP contribution in [0.2, 0.25) is 0 Å². The van der Waals surface area contributed by atoms with Crippen molar-refractivity contribution >= 4 is 11.6 Å². The third-order valence-corrected chi connectivity index (χ3v) is 2.08. The number of hydrogen-bond donors (Lipinski definition) is 1. The summed E-state index contributed by atoms with van der Waals surface area (Å²) >= 11 is 0. The largest absolute Gasteiger partial charge is 0.507 e. The summed E-state index contributed by atoms with van der Waals surface area (Å²) in [6.45, 7) is -0.166. The molecule has 1 aromatic carbocycles. The molecule has 1 N–H and O–H groups in total. The predicted octanol–water partition coefficient (Wildman–Crippen LogP) is 0.896. The smallest absolute Gasteiger partial charge is 0.270 e. The monoisotopic (exact) mass is 235 g/mol. The van der Waals surface area contributed by atoms with Gasteiger partial charge in [-0.2, -0.15) is 5.26 Å². The summed E-state index contributed by atoms with van der Waals surface area (Å²) in [6.07, 6.45) is 0. The molecule has 0 aliphatic carbocycles. The van der Waals surface area contributed by atoms with E-state index in [2.05, 4.69) is 0 Å². The maximum atomic E-state index is 11.7. The summed E-state index contributed by atoms with van der Waals surface area (Å²) in [4.78, 5) is 22.6. The molecule has 0 aliphatic heterocycles. The molecule has 0 saturated carbocycles. The minimum Gasteiger partial charge on any atom is -0.507 e. The SMILES string of the molecule is CN(CC#N)C(=O)c1cc([N+](=O)[O-])ccc1O. The van der Waals surface area contributed by atoms with Gasteiger partial charge < -0.3 is 10.0 Å². The van der Waals surface area contributed by atoms with Crippen molar-refractivity contribution in [3.63, 3.8) is 0 Å². The van der Waals surface area contributed by atoms with Gasteiger partial charge in [0.25, 0.3) is 11.6 Å². The molecule has 1 aromatic rings. The number of amides is 1. The normalized spacial score (nSPS) is 9.41. The minimum atomic E-state index is -0.666. The Kier molecular flexibility index (Phi) is 3.62. The Morgan fingerprint density at radius 1 is 1.65 bits per heavy atom. The van der Waals surface area contributed by atoms with E-state index < -0.39 is 10.8 Å². The van der Waals surface area contributed by atoms with E-state index in [1.807, 2.05) is 0 Å². The third-order valence-electron chi connectivity index (χ3n) is 2.08. The Bertz CT molecular complexity index is 507. The molecule has 1 rings (SSSR count). The van der Waals surface area contributed by atoms with Gasteiger partial charge in [0.05, 0.1) is 16.6 Å². The molecule has 0 bridgehead atoms. The first-order valence-corrected chi connectivity index (χ1v) is 4.57. The van der Waals surface area contributed by atoms with E-state index >= 15 is 0 Å². The first-order chi connectivity index (χ1) is 7.97. The van der Waals surface area contributed by atoms with Crippen LogP contribution in [0.5, 0.6) is 5.75 Å². The highest BCUT2D eigenvalue weighted by Crippen LogP contribution is 2.23. The summed E-state index contributed by atoms with van der Waals surface area (Å²) in [5, 5.41) is 28.4. The van der Waals surface area contributed by atoms with Gasteiger partial charge in [-0.15, -0.1) is 0 Å². The van der Waals surface area contributed by atoms with Crippen molar-refractivity contribution in [3.8, 4) is 11.8 Å². The maximum Gasteiger partial charge on any atom is 0.270 e. The fourth-order valence-corrected chi connectivity index (χ4v) is 1.19. The van der Waals surface area contributed by atoms with Crippen LogP contribution in [0, 0.1) is 21.4 Å². The van der Waals surface area contributed by atoms with Crippen LogP contribution in [-0.2, 0) is 0 Å². The number of aromatic hydroxyl groups is 1. The van der Waals surface area contributed by atoms with Crippen molar-refractivity contribution in [2.45, 2.75) is 0 Å². The van der Waals surface area contributed by atoms with Gasteiger partial charge in [-0.05, 0) is 6.07 Å². The van der Waals surface area contributed by atoms with Gasteiger partial charge in [0, 0.05) is 19.2 Å². The number of hydrogen-bond acceptors (Lipinski definition) is 5. The van der Waals surface area contributed by atoms with E-state index in [1.54, 1.807) is 6.07 Å². The molecule has 7 heteroatoms. The summed E-state index contributed by atoms with van der Waals surface area (Å²) in [7, 11) is 1.36. The number of rotatable bonds is 3. The van der Waals surface area contributed by atoms with Crippen LogP contribution in [0.3, 0.4) is 0 Å². The van der Waals surface area contributed by atoms with E-state index in [9.17, 15) is 20.0 Å². The van der Waals surface area contributed by atoms with E-state index in [0.717, 1.165) is 23.1 Å². The average molecular weight is 235 g/mol. The molecule has 0 fully saturated rings. The zero-order valence-electron chi connectivity index (χ0n) is 8.95. The van der Waals surface area contributed by atoms with Crippen molar-refractivity contribution in [2.75, 3.05) is 13.6 Å². The number of nitro groups is 1. The third kappa shape index (κ3) is 2.69. The summed E-state index contributed by atoms with van der Waals surface area (Å²) in [5.74, 6) is -1.00. The van der Waals surface area contributed by atoms with Crippen molar-refractivity contribution in [1.82, 2.24) is 4.90 Å². The fraction of sp³-hybridized carbons (Fsp3) is 0.200. The van der Waals surface area contributed by atoms with Gasteiger partial charge >= 0.3 is 0 Å². The zero-order chi connectivity index (χ0) is 13.0. The van der Waals surface area contributed by atoms with Crippen molar-refractivity contribution in [2.24, 2.45) is 0 Å². The van der Waals surface area contributed by atoms with Crippen LogP contribution >= 0.6 is 0 Å². The van der Waals surface area contributed by atoms with Crippen molar-refractivity contribution in [3.05, 3.63) is 33.9 Å². The molecule has 0 aromatic heterocycles. The molecule has 0 radical (unpaired) electrons. The number of non-ortho nitro benzene ring substituents is 1. The van der Waals surface area contributed by atoms with E-state index in [0.29, 0.717) is 0 Å². The van der Waals surface area contributed by atoms with Gasteiger partial charge in [-0.25, -0.2) is 0 Å². The quantitative estimate of drug-likeness (QED) is 0.475. The molecule has 0 saturated heterocycles. The lowest BCUT2D eigenvalue weighted by Gasteiger charge is -2.13. The molecule has 0 aliphatic rings. The summed E-state index contributed by atoms with van der Waals surface area (Å²) < 4.78 is 0. The molecular weight excluding hydrogens is 226 g/mol. The minimum absolute atomic E-state index is 0.166. The molecule has 7 nitrogen and oxygen atoms in total. The van der Waals surface area contributed by atoms with E-state index in [-0.39, 0.29) is 23.5 Å². The zero-order valence-corrected chi connectivity index (χ0v) is 8.95. The molecular formula is C10H9N3O4. The lowest BCUT2D eigenvalue weighted by Crippen LogP contribution is -2.27. The second-order valence-corrected chi connectivity index (χ2v) is 3.28. The predicted molar refractivity (Wildman–Crippen MR) is 57.3 cm³/mol. The van der Waals surface area contributed by atoms with Crippen LogP contribution in [-0.4, -0.2) is 34.4 Å². The lowest BCUT2D eigenvalue weighted by atomic mass is 10.1. The van der Waals surface area contributed by atoms with Crippen LogP contribution in [0.25, 0.3) is 0 Å². The molecule has 0 atom stereocenters. The second kappa shape index (κ2) is 4.94. The first-order valence-electron chi connectivity index (χ1n) is 4.57. The maximum absolute atomic E-state index is 11.7. The fourth-order valence-electron chi connectivity index (χ4n) is 1.19. The number of carbonyl (C=O) groups is 1. The van der Waals surface area contributed by atoms with Crippen LogP contribution < -0.4 is 0 Å². The average Bonchev–Trinajstić information content (AvgIpc) is 2.28. The molecule has 17 heavy (non-hydrogen) atoms. The number of carbonyl (C=O) groups excluding carboxylic acids is 1. The van der Waals surface area contributed by atoms with Crippen LogP contribution in [0.1, 0.15) is 10.4 Å². The first kappa shape index (κ1) is 12.4. The number of nitro benzene ring substituents is 1. The second-order valence-electron chi connectivity index (χ2n) is 3.28. The van der Waals surface area contributed by atoms with Crippen molar-refractivity contribution < 1.29 is 14.8 Å². The van der Waals surface area contributed by atoms with Gasteiger partial charge in [0.2, 0.25) is 0 Å². The Labute approximate surface area is 96.7 Å². The number of nitriles is 1. The van der Waals surface area contributed by atoms with E-state index in [1.165, 1.54) is 7.05 Å². The van der Waals surface area contributed by atoms with Gasteiger partial charge in [-0.3, -0.25) is 14.9 Å². The highest BCUT2D eigenvalue weighted by atomic mass is 16.6. The van der Waals surface area contributed by atoms with Gasteiger partial charge in [0.15, 0.2) is 0 Å². The Hall–Kier alpha value is -2.62.